The fourth-order valence-electron chi connectivity index (χ4n) is 1.79. The molecule has 20 heavy (non-hydrogen) atoms. The zero-order valence-corrected chi connectivity index (χ0v) is 13.2. The quantitative estimate of drug-likeness (QED) is 0.646. The molecule has 2 rings (SSSR count). The lowest BCUT2D eigenvalue weighted by molar-refractivity contribution is -0.387. The second kappa shape index (κ2) is 6.88. The summed E-state index contributed by atoms with van der Waals surface area (Å²) >= 11 is 4.86. The van der Waals surface area contributed by atoms with Crippen molar-refractivity contribution in [2.75, 3.05) is 7.05 Å². The van der Waals surface area contributed by atoms with Crippen molar-refractivity contribution in [2.45, 2.75) is 16.3 Å². The molecule has 1 N–H and O–H groups in total. The molecule has 0 unspecified atom stereocenters. The molecule has 0 fully saturated rings. The van der Waals surface area contributed by atoms with Crippen LogP contribution in [0.3, 0.4) is 0 Å². The molecular weight excluding hydrogens is 340 g/mol. The van der Waals surface area contributed by atoms with Gasteiger partial charge in [-0.1, -0.05) is 39.8 Å². The van der Waals surface area contributed by atoms with Gasteiger partial charge in [0.1, 0.15) is 0 Å². The summed E-state index contributed by atoms with van der Waals surface area (Å²) < 4.78 is 0.995. The van der Waals surface area contributed by atoms with Gasteiger partial charge in [0.25, 0.3) is 5.69 Å². The normalized spacial score (nSPS) is 10.5. The van der Waals surface area contributed by atoms with Gasteiger partial charge in [-0.25, -0.2) is 0 Å². The molecule has 0 amide bonds. The lowest BCUT2D eigenvalue weighted by Crippen LogP contribution is -2.06. The third-order valence-corrected chi connectivity index (χ3v) is 4.35. The van der Waals surface area contributed by atoms with E-state index in [4.69, 9.17) is 0 Å². The lowest BCUT2D eigenvalue weighted by atomic mass is 10.2. The molecule has 104 valence electrons. The van der Waals surface area contributed by atoms with Crippen LogP contribution in [-0.2, 0) is 6.54 Å². The fourth-order valence-corrected chi connectivity index (χ4v) is 3.23. The molecule has 0 spiro atoms. The monoisotopic (exact) mass is 352 g/mol. The Bertz CT molecular complexity index is 634. The van der Waals surface area contributed by atoms with Crippen LogP contribution in [0.25, 0.3) is 0 Å². The lowest BCUT2D eigenvalue weighted by Gasteiger charge is -2.09. The minimum Gasteiger partial charge on any atom is -0.316 e. The van der Waals surface area contributed by atoms with Crippen LogP contribution in [0.15, 0.2) is 56.7 Å². The number of rotatable bonds is 5. The first kappa shape index (κ1) is 15.0. The maximum Gasteiger partial charge on any atom is 0.283 e. The predicted molar refractivity (Wildman–Crippen MR) is 84.1 cm³/mol. The van der Waals surface area contributed by atoms with Crippen molar-refractivity contribution >= 4 is 33.4 Å². The largest absolute Gasteiger partial charge is 0.316 e. The first-order valence-electron chi connectivity index (χ1n) is 5.96. The van der Waals surface area contributed by atoms with E-state index in [0.29, 0.717) is 11.4 Å². The van der Waals surface area contributed by atoms with Gasteiger partial charge in [-0.05, 0) is 36.9 Å². The van der Waals surface area contributed by atoms with E-state index < -0.39 is 0 Å². The van der Waals surface area contributed by atoms with E-state index in [1.165, 1.54) is 17.8 Å². The van der Waals surface area contributed by atoms with E-state index >= 15 is 0 Å². The Morgan fingerprint density at radius 3 is 2.70 bits per heavy atom. The van der Waals surface area contributed by atoms with Crippen LogP contribution in [0.5, 0.6) is 0 Å². The number of nitrogens with zero attached hydrogens (tertiary/aromatic N) is 1. The minimum absolute atomic E-state index is 0.135. The summed E-state index contributed by atoms with van der Waals surface area (Å²) in [7, 11) is 1.88. The number of nitro groups is 1. The van der Waals surface area contributed by atoms with Crippen molar-refractivity contribution in [3.8, 4) is 0 Å². The molecule has 0 saturated heterocycles. The van der Waals surface area contributed by atoms with Crippen molar-refractivity contribution < 1.29 is 4.92 Å². The van der Waals surface area contributed by atoms with Gasteiger partial charge in [0.05, 0.1) is 9.82 Å². The molecule has 0 atom stereocenters. The molecule has 0 heterocycles. The summed E-state index contributed by atoms with van der Waals surface area (Å²) in [4.78, 5) is 12.4. The van der Waals surface area contributed by atoms with E-state index in [0.717, 1.165) is 14.9 Å². The third kappa shape index (κ3) is 3.59. The van der Waals surface area contributed by atoms with Gasteiger partial charge in [0.2, 0.25) is 0 Å². The molecule has 0 aliphatic heterocycles. The molecular formula is C14H13BrN2O2S. The van der Waals surface area contributed by atoms with Crippen molar-refractivity contribution in [1.82, 2.24) is 5.32 Å². The summed E-state index contributed by atoms with van der Waals surface area (Å²) in [5.74, 6) is 0. The Morgan fingerprint density at radius 1 is 1.25 bits per heavy atom. The fraction of sp³-hybridized carbons (Fsp3) is 0.143. The van der Waals surface area contributed by atoms with Crippen LogP contribution in [0, 0.1) is 10.1 Å². The molecule has 0 aliphatic carbocycles. The Hall–Kier alpha value is -1.37. The molecule has 2 aromatic carbocycles. The van der Waals surface area contributed by atoms with E-state index in [-0.39, 0.29) is 10.6 Å². The van der Waals surface area contributed by atoms with Gasteiger partial charge >= 0.3 is 0 Å². The van der Waals surface area contributed by atoms with Crippen LogP contribution in [0.4, 0.5) is 5.69 Å². The van der Waals surface area contributed by atoms with Crippen LogP contribution in [0.2, 0.25) is 0 Å². The standard InChI is InChI=1S/C14H13BrN2O2S/c1-16-9-10-8-11(15)6-7-13(10)20-14-5-3-2-4-12(14)17(18)19/h2-8,16H,9H2,1H3. The topological polar surface area (TPSA) is 55.2 Å². The molecule has 0 saturated carbocycles. The molecule has 0 aliphatic rings. The van der Waals surface area contributed by atoms with Gasteiger partial charge < -0.3 is 5.32 Å². The average Bonchev–Trinajstić information content (AvgIpc) is 2.42. The maximum atomic E-state index is 11.0. The zero-order chi connectivity index (χ0) is 14.5. The van der Waals surface area contributed by atoms with Gasteiger partial charge in [-0.3, -0.25) is 10.1 Å². The molecule has 6 heteroatoms. The van der Waals surface area contributed by atoms with Crippen molar-refractivity contribution in [1.29, 1.82) is 0 Å². The highest BCUT2D eigenvalue weighted by molar-refractivity contribution is 9.10. The van der Waals surface area contributed by atoms with Gasteiger partial charge in [-0.15, -0.1) is 0 Å². The number of nitrogens with one attached hydrogen (secondary N) is 1. The average molecular weight is 353 g/mol. The van der Waals surface area contributed by atoms with Crippen LogP contribution in [0.1, 0.15) is 5.56 Å². The van der Waals surface area contributed by atoms with Crippen molar-refractivity contribution in [2.24, 2.45) is 0 Å². The van der Waals surface area contributed by atoms with Gasteiger partial charge in [-0.2, -0.15) is 0 Å². The number of benzene rings is 2. The van der Waals surface area contributed by atoms with Crippen molar-refractivity contribution in [3.05, 3.63) is 62.6 Å². The summed E-state index contributed by atoms with van der Waals surface area (Å²) in [6, 6.07) is 12.7. The van der Waals surface area contributed by atoms with Crippen LogP contribution < -0.4 is 5.32 Å². The first-order chi connectivity index (χ1) is 9.61. The highest BCUT2D eigenvalue weighted by Gasteiger charge is 2.15. The summed E-state index contributed by atoms with van der Waals surface area (Å²) in [5.41, 5.74) is 1.24. The highest BCUT2D eigenvalue weighted by atomic mass is 79.9. The molecule has 4 nitrogen and oxygen atoms in total. The maximum absolute atomic E-state index is 11.0. The summed E-state index contributed by atoms with van der Waals surface area (Å²) in [6.07, 6.45) is 0. The number of hydrogen-bond donors (Lipinski definition) is 1. The highest BCUT2D eigenvalue weighted by Crippen LogP contribution is 2.37. The van der Waals surface area contributed by atoms with Crippen molar-refractivity contribution in [3.63, 3.8) is 0 Å². The summed E-state index contributed by atoms with van der Waals surface area (Å²) in [5, 5.41) is 14.2. The van der Waals surface area contributed by atoms with Gasteiger partial charge in [0.15, 0.2) is 0 Å². The van der Waals surface area contributed by atoms with E-state index in [1.54, 1.807) is 12.1 Å². The Morgan fingerprint density at radius 2 is 2.00 bits per heavy atom. The molecule has 0 radical (unpaired) electrons. The second-order valence-corrected chi connectivity index (χ2v) is 6.11. The number of nitro benzene ring substituents is 1. The Kier molecular flexibility index (Phi) is 5.17. The Balaban J connectivity index is 2.37. The number of halogens is 1. The van der Waals surface area contributed by atoms with Crippen LogP contribution in [-0.4, -0.2) is 12.0 Å². The van der Waals surface area contributed by atoms with Gasteiger partial charge in [0, 0.05) is 22.0 Å². The Labute approximate surface area is 129 Å². The predicted octanol–water partition coefficient (Wildman–Crippen LogP) is 4.23. The van der Waals surface area contributed by atoms with E-state index in [1.807, 2.05) is 31.3 Å². The molecule has 0 bridgehead atoms. The second-order valence-electron chi connectivity index (χ2n) is 4.11. The van der Waals surface area contributed by atoms with E-state index in [9.17, 15) is 10.1 Å². The third-order valence-electron chi connectivity index (χ3n) is 2.67. The van der Waals surface area contributed by atoms with Crippen LogP contribution >= 0.6 is 27.7 Å². The first-order valence-corrected chi connectivity index (χ1v) is 7.57. The molecule has 2 aromatic rings. The zero-order valence-electron chi connectivity index (χ0n) is 10.8. The number of para-hydroxylation sites is 1. The minimum atomic E-state index is -0.348. The molecule has 0 aromatic heterocycles. The van der Waals surface area contributed by atoms with E-state index in [2.05, 4.69) is 21.2 Å². The summed E-state index contributed by atoms with van der Waals surface area (Å²) in [6.45, 7) is 0.711. The number of hydrogen-bond acceptors (Lipinski definition) is 4. The SMILES string of the molecule is CNCc1cc(Br)ccc1Sc1ccccc1[N+](=O)[O-]. The smallest absolute Gasteiger partial charge is 0.283 e.